The average molecular weight is 187 g/mol. The summed E-state index contributed by atoms with van der Waals surface area (Å²) < 4.78 is 4.97. The summed E-state index contributed by atoms with van der Waals surface area (Å²) in [5, 5.41) is 0. The Morgan fingerprint density at radius 2 is 1.92 bits per heavy atom. The maximum Gasteiger partial charge on any atom is 0.0637 e. The molecule has 0 aromatic rings. The lowest BCUT2D eigenvalue weighted by molar-refractivity contribution is 0.173. The Morgan fingerprint density at radius 3 is 2.31 bits per heavy atom. The van der Waals surface area contributed by atoms with E-state index in [1.54, 1.807) is 7.11 Å². The van der Waals surface area contributed by atoms with E-state index in [4.69, 9.17) is 4.74 Å². The van der Waals surface area contributed by atoms with Gasteiger partial charge in [-0.15, -0.1) is 0 Å². The van der Waals surface area contributed by atoms with Crippen LogP contribution >= 0.6 is 0 Å². The summed E-state index contributed by atoms with van der Waals surface area (Å²) in [7, 11) is 3.81. The van der Waals surface area contributed by atoms with Crippen molar-refractivity contribution in [1.82, 2.24) is 4.90 Å². The van der Waals surface area contributed by atoms with Gasteiger partial charge >= 0.3 is 0 Å². The molecule has 0 aliphatic heterocycles. The van der Waals surface area contributed by atoms with E-state index in [-0.39, 0.29) is 0 Å². The number of rotatable bonds is 5. The molecule has 0 aliphatic rings. The van der Waals surface area contributed by atoms with Gasteiger partial charge in [0.1, 0.15) is 0 Å². The van der Waals surface area contributed by atoms with E-state index in [1.165, 1.54) is 5.70 Å². The van der Waals surface area contributed by atoms with Crippen molar-refractivity contribution < 1.29 is 4.74 Å². The Kier molecular flexibility index (Phi) is 13.3. The third-order valence-electron chi connectivity index (χ3n) is 1.73. The van der Waals surface area contributed by atoms with Crippen LogP contribution in [0.5, 0.6) is 0 Å². The summed E-state index contributed by atoms with van der Waals surface area (Å²) in [5.74, 6) is 0. The van der Waals surface area contributed by atoms with E-state index in [0.29, 0.717) is 0 Å². The van der Waals surface area contributed by atoms with Crippen molar-refractivity contribution in [3.05, 3.63) is 11.8 Å². The van der Waals surface area contributed by atoms with E-state index in [1.807, 2.05) is 13.8 Å². The van der Waals surface area contributed by atoms with E-state index in [2.05, 4.69) is 31.9 Å². The Balaban J connectivity index is 0. The Hall–Kier alpha value is -0.500. The van der Waals surface area contributed by atoms with Gasteiger partial charge in [0.25, 0.3) is 0 Å². The van der Waals surface area contributed by atoms with Gasteiger partial charge in [0.15, 0.2) is 0 Å². The average Bonchev–Trinajstić information content (AvgIpc) is 2.17. The largest absolute Gasteiger partial charge is 0.383 e. The van der Waals surface area contributed by atoms with Crippen LogP contribution < -0.4 is 0 Å². The number of likely N-dealkylation sites (N-methyl/N-ethyl adjacent to an activating group) is 1. The summed E-state index contributed by atoms with van der Waals surface area (Å²) in [6, 6.07) is 0. The van der Waals surface area contributed by atoms with Crippen LogP contribution in [0.15, 0.2) is 11.8 Å². The highest BCUT2D eigenvalue weighted by molar-refractivity contribution is 4.95. The van der Waals surface area contributed by atoms with Gasteiger partial charge in [0.2, 0.25) is 0 Å². The van der Waals surface area contributed by atoms with Crippen molar-refractivity contribution in [3.63, 3.8) is 0 Å². The summed E-state index contributed by atoms with van der Waals surface area (Å²) in [5.41, 5.74) is 1.32. The molecule has 0 aromatic heterocycles. The van der Waals surface area contributed by atoms with Crippen LogP contribution in [0, 0.1) is 0 Å². The molecule has 0 fully saturated rings. The van der Waals surface area contributed by atoms with E-state index >= 15 is 0 Å². The first-order valence-electron chi connectivity index (χ1n) is 5.09. The highest BCUT2D eigenvalue weighted by atomic mass is 16.5. The van der Waals surface area contributed by atoms with Crippen LogP contribution in [0.3, 0.4) is 0 Å². The first kappa shape index (κ1) is 15.0. The SMILES string of the molecule is CC.CC/C=C(\C)N(C)CCOC. The van der Waals surface area contributed by atoms with E-state index < -0.39 is 0 Å². The zero-order valence-electron chi connectivity index (χ0n) is 10.1. The van der Waals surface area contributed by atoms with Crippen LogP contribution in [0.4, 0.5) is 0 Å². The van der Waals surface area contributed by atoms with Crippen LogP contribution in [0.25, 0.3) is 0 Å². The van der Waals surface area contributed by atoms with Crippen molar-refractivity contribution in [1.29, 1.82) is 0 Å². The topological polar surface area (TPSA) is 12.5 Å². The minimum Gasteiger partial charge on any atom is -0.383 e. The van der Waals surface area contributed by atoms with Gasteiger partial charge in [-0.1, -0.05) is 26.8 Å². The van der Waals surface area contributed by atoms with Gasteiger partial charge in [-0.2, -0.15) is 0 Å². The third-order valence-corrected chi connectivity index (χ3v) is 1.73. The maximum atomic E-state index is 4.97. The summed E-state index contributed by atoms with van der Waals surface area (Å²) in [6.45, 7) is 10.0. The molecule has 0 atom stereocenters. The van der Waals surface area contributed by atoms with Crippen molar-refractivity contribution in [2.75, 3.05) is 27.3 Å². The molecular weight excluding hydrogens is 162 g/mol. The molecule has 0 aliphatic carbocycles. The second-order valence-corrected chi connectivity index (χ2v) is 2.67. The lowest BCUT2D eigenvalue weighted by atomic mass is 10.3. The molecule has 0 N–H and O–H groups in total. The van der Waals surface area contributed by atoms with Gasteiger partial charge < -0.3 is 9.64 Å². The van der Waals surface area contributed by atoms with Crippen molar-refractivity contribution in [2.24, 2.45) is 0 Å². The molecule has 0 saturated heterocycles. The van der Waals surface area contributed by atoms with Crippen molar-refractivity contribution in [2.45, 2.75) is 34.1 Å². The first-order valence-corrected chi connectivity index (χ1v) is 5.09. The second-order valence-electron chi connectivity index (χ2n) is 2.67. The van der Waals surface area contributed by atoms with Crippen LogP contribution in [-0.2, 0) is 4.74 Å². The lowest BCUT2D eigenvalue weighted by Crippen LogP contribution is -2.20. The molecule has 0 bridgehead atoms. The predicted molar refractivity (Wildman–Crippen MR) is 59.9 cm³/mol. The Bertz CT molecular complexity index is 121. The number of ether oxygens (including phenoxy) is 1. The standard InChI is InChI=1S/C9H19NO.C2H6/c1-5-6-9(2)10(3)7-8-11-4;1-2/h6H,5,7-8H2,1-4H3;1-2H3/b9-6+;. The van der Waals surface area contributed by atoms with Crippen LogP contribution in [-0.4, -0.2) is 32.2 Å². The fourth-order valence-electron chi connectivity index (χ4n) is 0.856. The lowest BCUT2D eigenvalue weighted by Gasteiger charge is -2.18. The molecule has 0 radical (unpaired) electrons. The fraction of sp³-hybridized carbons (Fsp3) is 0.818. The van der Waals surface area contributed by atoms with Gasteiger partial charge in [0.05, 0.1) is 6.61 Å². The van der Waals surface area contributed by atoms with Gasteiger partial charge in [0, 0.05) is 26.4 Å². The molecule has 2 nitrogen and oxygen atoms in total. The van der Waals surface area contributed by atoms with Crippen LogP contribution in [0.1, 0.15) is 34.1 Å². The quantitative estimate of drug-likeness (QED) is 0.656. The fourth-order valence-corrected chi connectivity index (χ4v) is 0.856. The zero-order chi connectivity index (χ0) is 10.7. The molecule has 0 heterocycles. The molecule has 2 heteroatoms. The molecule has 0 aromatic carbocycles. The van der Waals surface area contributed by atoms with Gasteiger partial charge in [-0.05, 0) is 13.3 Å². The van der Waals surface area contributed by atoms with E-state index in [0.717, 1.165) is 19.6 Å². The van der Waals surface area contributed by atoms with Gasteiger partial charge in [-0.25, -0.2) is 0 Å². The molecule has 80 valence electrons. The monoisotopic (exact) mass is 187 g/mol. The number of methoxy groups -OCH3 is 1. The number of nitrogens with zero attached hydrogens (tertiary/aromatic N) is 1. The molecule has 13 heavy (non-hydrogen) atoms. The minimum absolute atomic E-state index is 0.797. The number of allylic oxidation sites excluding steroid dienone is 2. The Morgan fingerprint density at radius 1 is 1.38 bits per heavy atom. The summed E-state index contributed by atoms with van der Waals surface area (Å²) >= 11 is 0. The number of hydrogen-bond donors (Lipinski definition) is 0. The molecule has 0 unspecified atom stereocenters. The second kappa shape index (κ2) is 11.5. The maximum absolute atomic E-state index is 4.97. The Labute approximate surface area is 83.6 Å². The molecule has 0 amide bonds. The normalized spacial score (nSPS) is 10.5. The highest BCUT2D eigenvalue weighted by Gasteiger charge is 1.95. The highest BCUT2D eigenvalue weighted by Crippen LogP contribution is 2.00. The molecular formula is C11H25NO. The van der Waals surface area contributed by atoms with Crippen molar-refractivity contribution in [3.8, 4) is 0 Å². The van der Waals surface area contributed by atoms with Gasteiger partial charge in [-0.3, -0.25) is 0 Å². The molecule has 0 saturated carbocycles. The number of hydrogen-bond acceptors (Lipinski definition) is 2. The van der Waals surface area contributed by atoms with Crippen LogP contribution in [0.2, 0.25) is 0 Å². The third kappa shape index (κ3) is 9.41. The smallest absolute Gasteiger partial charge is 0.0637 e. The molecule has 0 rings (SSSR count). The summed E-state index contributed by atoms with van der Waals surface area (Å²) in [4.78, 5) is 2.20. The van der Waals surface area contributed by atoms with Crippen molar-refractivity contribution >= 4 is 0 Å². The minimum atomic E-state index is 0.797. The zero-order valence-corrected chi connectivity index (χ0v) is 10.1. The first-order chi connectivity index (χ1) is 6.22. The summed E-state index contributed by atoms with van der Waals surface area (Å²) in [6.07, 6.45) is 3.32. The van der Waals surface area contributed by atoms with E-state index in [9.17, 15) is 0 Å². The predicted octanol–water partition coefficient (Wildman–Crippen LogP) is 2.90. The molecule has 0 spiro atoms.